The number of tetrazole rings is 1. The minimum Gasteiger partial charge on any atom is -0.382 e. The zero-order valence-corrected chi connectivity index (χ0v) is 19.9. The van der Waals surface area contributed by atoms with Gasteiger partial charge >= 0.3 is 0 Å². The lowest BCUT2D eigenvalue weighted by molar-refractivity contribution is 0.493. The van der Waals surface area contributed by atoms with Crippen LogP contribution in [0.15, 0.2) is 40.1 Å². The number of benzene rings is 2. The Hall–Kier alpha value is -3.40. The number of H-pyrrole nitrogens is 2. The van der Waals surface area contributed by atoms with Gasteiger partial charge in [-0.3, -0.25) is 5.10 Å². The maximum Gasteiger partial charge on any atom is 0.240 e. The van der Waals surface area contributed by atoms with E-state index in [4.69, 9.17) is 10.9 Å². The van der Waals surface area contributed by atoms with Crippen LogP contribution in [0.4, 0.5) is 5.82 Å². The Morgan fingerprint density at radius 1 is 1.00 bits per heavy atom. The van der Waals surface area contributed by atoms with Crippen molar-refractivity contribution in [1.29, 1.82) is 0 Å². The lowest BCUT2D eigenvalue weighted by Crippen LogP contribution is -2.51. The second kappa shape index (κ2) is 8.75. The molecule has 1 fully saturated rings. The number of sulfonamides is 1. The van der Waals surface area contributed by atoms with E-state index in [1.165, 1.54) is 12.1 Å². The van der Waals surface area contributed by atoms with Crippen LogP contribution < -0.4 is 16.2 Å². The van der Waals surface area contributed by atoms with Crippen LogP contribution >= 0.6 is 0 Å². The van der Waals surface area contributed by atoms with Crippen LogP contribution in [0, 0.1) is 0 Å². The molecule has 4 aromatic rings. The SMILES string of the molecule is CC.Nc1n[nH]c2c(-c3ccc(S(=O)(=O)C4CNC4)c(S(N)(=O)=O)c3-c3nn[nH]n3)cccc12. The summed E-state index contributed by atoms with van der Waals surface area (Å²) in [6.45, 7) is 4.41. The number of nitrogens with zero attached hydrogens (tertiary/aromatic N) is 4. The quantitative estimate of drug-likeness (QED) is 0.252. The molecular formula is C19H23N9O4S2. The zero-order chi connectivity index (χ0) is 24.7. The number of nitrogens with two attached hydrogens (primary N) is 2. The summed E-state index contributed by atoms with van der Waals surface area (Å²) in [7, 11) is -8.56. The summed E-state index contributed by atoms with van der Waals surface area (Å²) in [5, 5.41) is 28.7. The van der Waals surface area contributed by atoms with Gasteiger partial charge < -0.3 is 11.1 Å². The smallest absolute Gasteiger partial charge is 0.240 e. The van der Waals surface area contributed by atoms with Crippen molar-refractivity contribution in [2.75, 3.05) is 18.8 Å². The molecule has 0 atom stereocenters. The fourth-order valence-corrected chi connectivity index (χ4v) is 6.92. The molecule has 0 amide bonds. The number of primary sulfonamides is 1. The van der Waals surface area contributed by atoms with Gasteiger partial charge in [-0.1, -0.05) is 32.0 Å². The zero-order valence-electron chi connectivity index (χ0n) is 18.3. The molecule has 13 nitrogen and oxygen atoms in total. The highest BCUT2D eigenvalue weighted by molar-refractivity contribution is 7.94. The first-order valence-corrected chi connectivity index (χ1v) is 13.4. The third kappa shape index (κ3) is 3.81. The van der Waals surface area contributed by atoms with Gasteiger partial charge in [0.15, 0.2) is 15.7 Å². The summed E-state index contributed by atoms with van der Waals surface area (Å²) in [6, 6.07) is 7.89. The monoisotopic (exact) mass is 505 g/mol. The van der Waals surface area contributed by atoms with Crippen molar-refractivity contribution in [3.05, 3.63) is 30.3 Å². The molecule has 1 aliphatic heterocycles. The molecule has 0 unspecified atom stereocenters. The predicted octanol–water partition coefficient (Wildman–Crippen LogP) is 0.411. The molecule has 15 heteroatoms. The number of fused-ring (bicyclic) bond motifs is 1. The standard InChI is InChI=1S/C17H17N9O4S2.C2H6/c18-16-11-3-1-2-10(14(11)21-22-16)9-4-5-12(31(27,28)8-6-20-7-8)15(32(19,29)30)13(9)17-23-25-26-24-17;1-2/h1-5,8,20H,6-7H2,(H3,18,21,22)(H2,19,29,30)(H,23,24,25,26);1-2H3. The summed E-state index contributed by atoms with van der Waals surface area (Å²) in [5.74, 6) is 0.128. The van der Waals surface area contributed by atoms with Crippen molar-refractivity contribution in [3.8, 4) is 22.5 Å². The molecule has 34 heavy (non-hydrogen) atoms. The van der Waals surface area contributed by atoms with E-state index >= 15 is 0 Å². The van der Waals surface area contributed by atoms with Gasteiger partial charge in [-0.15, -0.1) is 10.2 Å². The number of nitrogens with one attached hydrogen (secondary N) is 3. The molecule has 2 aromatic heterocycles. The normalized spacial score (nSPS) is 14.4. The lowest BCUT2D eigenvalue weighted by atomic mass is 9.97. The van der Waals surface area contributed by atoms with Crippen molar-refractivity contribution in [2.45, 2.75) is 28.9 Å². The summed E-state index contributed by atoms with van der Waals surface area (Å²) < 4.78 is 52.0. The number of aromatic amines is 2. The van der Waals surface area contributed by atoms with E-state index in [0.29, 0.717) is 22.0 Å². The number of hydrogen-bond acceptors (Lipinski definition) is 10. The molecule has 3 heterocycles. The highest BCUT2D eigenvalue weighted by Gasteiger charge is 2.38. The maximum atomic E-state index is 13.2. The predicted molar refractivity (Wildman–Crippen MR) is 126 cm³/mol. The number of aromatic nitrogens is 6. The summed E-state index contributed by atoms with van der Waals surface area (Å²) >= 11 is 0. The fraction of sp³-hybridized carbons (Fsp3) is 0.263. The summed E-state index contributed by atoms with van der Waals surface area (Å²) in [5.41, 5.74) is 7.16. The first kappa shape index (κ1) is 23.7. The van der Waals surface area contributed by atoms with Gasteiger partial charge in [-0.05, 0) is 22.9 Å². The Morgan fingerprint density at radius 2 is 1.74 bits per heavy atom. The van der Waals surface area contributed by atoms with Crippen molar-refractivity contribution in [2.24, 2.45) is 5.14 Å². The Bertz CT molecular complexity index is 1560. The van der Waals surface area contributed by atoms with Gasteiger partial charge in [-0.25, -0.2) is 22.0 Å². The third-order valence-corrected chi connectivity index (χ3v) is 8.67. The first-order chi connectivity index (χ1) is 16.2. The van der Waals surface area contributed by atoms with Gasteiger partial charge in [0.1, 0.15) is 4.90 Å². The number of anilines is 1. The molecule has 0 aliphatic carbocycles. The van der Waals surface area contributed by atoms with Crippen LogP contribution in [0.1, 0.15) is 13.8 Å². The van der Waals surface area contributed by atoms with Gasteiger partial charge in [0, 0.05) is 24.0 Å². The van der Waals surface area contributed by atoms with Crippen LogP contribution in [0.2, 0.25) is 0 Å². The van der Waals surface area contributed by atoms with E-state index in [1.54, 1.807) is 18.2 Å². The highest BCUT2D eigenvalue weighted by Crippen LogP contribution is 2.41. The van der Waals surface area contributed by atoms with Crippen LogP contribution in [-0.2, 0) is 19.9 Å². The van der Waals surface area contributed by atoms with Gasteiger partial charge in [0.25, 0.3) is 0 Å². The van der Waals surface area contributed by atoms with Crippen molar-refractivity contribution in [1.82, 2.24) is 36.1 Å². The molecule has 7 N–H and O–H groups in total. The highest BCUT2D eigenvalue weighted by atomic mass is 32.2. The number of rotatable bonds is 5. The van der Waals surface area contributed by atoms with Crippen molar-refractivity contribution >= 4 is 36.6 Å². The van der Waals surface area contributed by atoms with Crippen LogP contribution in [0.25, 0.3) is 33.4 Å². The van der Waals surface area contributed by atoms with E-state index in [9.17, 15) is 16.8 Å². The second-order valence-electron chi connectivity index (χ2n) is 7.26. The molecule has 180 valence electrons. The van der Waals surface area contributed by atoms with Gasteiger partial charge in [0.05, 0.1) is 21.2 Å². The maximum absolute atomic E-state index is 13.2. The Morgan fingerprint density at radius 3 is 2.32 bits per heavy atom. The number of nitrogen functional groups attached to an aromatic ring is 1. The van der Waals surface area contributed by atoms with Crippen molar-refractivity contribution < 1.29 is 16.8 Å². The number of hydrogen-bond donors (Lipinski definition) is 5. The molecule has 1 aliphatic rings. The molecule has 1 saturated heterocycles. The Kier molecular flexibility index (Phi) is 6.11. The number of para-hydroxylation sites is 1. The molecule has 0 spiro atoms. The fourth-order valence-electron chi connectivity index (χ4n) is 3.73. The minimum atomic E-state index is -4.54. The molecule has 5 rings (SSSR count). The second-order valence-corrected chi connectivity index (χ2v) is 11.0. The first-order valence-electron chi connectivity index (χ1n) is 10.3. The van der Waals surface area contributed by atoms with Crippen LogP contribution in [0.5, 0.6) is 0 Å². The van der Waals surface area contributed by atoms with E-state index in [2.05, 4.69) is 36.1 Å². The van der Waals surface area contributed by atoms with Crippen LogP contribution in [-0.4, -0.2) is 66.0 Å². The minimum absolute atomic E-state index is 0.0877. The molecule has 0 radical (unpaired) electrons. The summed E-state index contributed by atoms with van der Waals surface area (Å²) in [6.07, 6.45) is 0. The Balaban J connectivity index is 0.00000133. The van der Waals surface area contributed by atoms with E-state index in [0.717, 1.165) is 0 Å². The lowest BCUT2D eigenvalue weighted by Gasteiger charge is -2.28. The largest absolute Gasteiger partial charge is 0.382 e. The topological polar surface area (TPSA) is 215 Å². The van der Waals surface area contributed by atoms with E-state index in [1.807, 2.05) is 13.8 Å². The van der Waals surface area contributed by atoms with E-state index < -0.39 is 34.9 Å². The van der Waals surface area contributed by atoms with Crippen LogP contribution in [0.3, 0.4) is 0 Å². The molecule has 0 bridgehead atoms. The molecule has 0 saturated carbocycles. The molecular weight excluding hydrogens is 482 g/mol. The van der Waals surface area contributed by atoms with Gasteiger partial charge in [-0.2, -0.15) is 10.3 Å². The molecule has 2 aromatic carbocycles. The number of sulfone groups is 1. The summed E-state index contributed by atoms with van der Waals surface area (Å²) in [4.78, 5) is -1.00. The average Bonchev–Trinajstić information content (AvgIpc) is 3.42. The third-order valence-electron chi connectivity index (χ3n) is 5.38. The van der Waals surface area contributed by atoms with Crippen molar-refractivity contribution in [3.63, 3.8) is 0 Å². The average molecular weight is 506 g/mol. The Labute approximate surface area is 195 Å². The van der Waals surface area contributed by atoms with Gasteiger partial charge in [0.2, 0.25) is 15.8 Å². The van der Waals surface area contributed by atoms with E-state index in [-0.39, 0.29) is 30.3 Å².